The molecule has 1 saturated heterocycles. The van der Waals surface area contributed by atoms with Crippen molar-refractivity contribution in [2.45, 2.75) is 65.0 Å². The first-order chi connectivity index (χ1) is 22.7. The molecule has 1 N–H and O–H groups in total. The Kier molecular flexibility index (Phi) is 12.0. The van der Waals surface area contributed by atoms with Crippen LogP contribution in [0.5, 0.6) is 0 Å². The summed E-state index contributed by atoms with van der Waals surface area (Å²) in [7, 11) is 0. The van der Waals surface area contributed by atoms with E-state index in [0.29, 0.717) is 30.7 Å². The fraction of sp³-hybridized carbons (Fsp3) is 0.429. The molecule has 1 aliphatic rings. The van der Waals surface area contributed by atoms with Crippen molar-refractivity contribution in [1.82, 2.24) is 20.0 Å². The molecular weight excluding hydrogens is 682 g/mol. The number of hydrogen-bond acceptors (Lipinski definition) is 8. The van der Waals surface area contributed by atoms with Crippen LogP contribution in [0.25, 0.3) is 10.2 Å². The van der Waals surface area contributed by atoms with Crippen molar-refractivity contribution in [2.75, 3.05) is 32.9 Å². The Morgan fingerprint density at radius 1 is 1.04 bits per heavy atom. The van der Waals surface area contributed by atoms with Crippen molar-refractivity contribution < 1.29 is 28.2 Å². The summed E-state index contributed by atoms with van der Waals surface area (Å²) in [6.07, 6.45) is 4.41. The van der Waals surface area contributed by atoms with Gasteiger partial charge in [-0.3, -0.25) is 0 Å². The van der Waals surface area contributed by atoms with Gasteiger partial charge in [-0.15, -0.1) is 0 Å². The minimum absolute atomic E-state index is 0.0621. The maximum atomic E-state index is 14.6. The number of unbranched alkanes of at least 4 members (excludes halogenated alkanes) is 4. The number of hydrogen-bond donors (Lipinski definition) is 1. The zero-order chi connectivity index (χ0) is 33.4. The number of halogens is 1. The van der Waals surface area contributed by atoms with Crippen molar-refractivity contribution in [1.29, 1.82) is 0 Å². The zero-order valence-electron chi connectivity index (χ0n) is 27.1. The van der Waals surface area contributed by atoms with Crippen LogP contribution in [0.3, 0.4) is 0 Å². The summed E-state index contributed by atoms with van der Waals surface area (Å²) in [6, 6.07) is 15.6. The fourth-order valence-electron chi connectivity index (χ4n) is 5.45. The first-order valence-corrected chi connectivity index (χ1v) is 18.8. The molecule has 2 aromatic heterocycles. The SMILES string of the molecule is CCCCCCCOC(=O)n1nc([As]C(=O)c2ccc(CN3CCOCC3)cc2)c2cc(C(=O)NC(C)(C)c3ccccc3F)sc21. The van der Waals surface area contributed by atoms with E-state index in [9.17, 15) is 18.8 Å². The number of benzene rings is 2. The topological polar surface area (TPSA) is 103 Å². The molecular formula is C35H41AsFN4O5S. The number of carbonyl (C=O) groups is 3. The van der Waals surface area contributed by atoms with Crippen LogP contribution in [-0.2, 0) is 21.6 Å². The molecule has 0 bridgehead atoms. The molecule has 3 heterocycles. The second kappa shape index (κ2) is 16.2. The number of morpholine rings is 1. The van der Waals surface area contributed by atoms with Gasteiger partial charge in [-0.1, -0.05) is 0 Å². The second-order valence-corrected chi connectivity index (χ2v) is 15.4. The predicted molar refractivity (Wildman–Crippen MR) is 182 cm³/mol. The number of carbonyl (C=O) groups excluding carboxylic acids is 3. The van der Waals surface area contributed by atoms with Gasteiger partial charge in [0.25, 0.3) is 0 Å². The Hall–Kier alpha value is -3.37. The standard InChI is InChI=1S/C35H41AsFN4O5S/c1-4-5-6-7-10-19-46-34(44)41-33-26(22-29(47-33)32(43)38-35(2,3)27-11-8-9-12-28(27)37)30(39-41)36-31(42)25-15-13-24(14-16-25)23-40-17-20-45-21-18-40/h8-9,11-16,22H,4-7,10,17-21,23H2,1-3H3,(H,38,43). The minimum atomic E-state index is -1.14. The first kappa shape index (κ1) is 34.9. The number of fused-ring (bicyclic) bond motifs is 1. The molecule has 249 valence electrons. The van der Waals surface area contributed by atoms with Gasteiger partial charge in [-0.25, -0.2) is 0 Å². The number of rotatable bonds is 14. The molecule has 1 aliphatic heterocycles. The van der Waals surface area contributed by atoms with Crippen LogP contribution in [0, 0.1) is 5.82 Å². The number of ether oxygens (including phenoxy) is 2. The Balaban J connectivity index is 1.35. The Labute approximate surface area is 285 Å². The third kappa shape index (κ3) is 8.96. The summed E-state index contributed by atoms with van der Waals surface area (Å²) in [5.41, 5.74) is 1.05. The van der Waals surface area contributed by atoms with Gasteiger partial charge in [-0.2, -0.15) is 0 Å². The molecule has 0 aliphatic carbocycles. The van der Waals surface area contributed by atoms with Crippen LogP contribution in [0.15, 0.2) is 54.6 Å². The van der Waals surface area contributed by atoms with Crippen molar-refractivity contribution in [3.63, 3.8) is 0 Å². The zero-order valence-corrected chi connectivity index (χ0v) is 29.8. The van der Waals surface area contributed by atoms with Gasteiger partial charge < -0.3 is 0 Å². The monoisotopic (exact) mass is 723 g/mol. The number of nitrogens with one attached hydrogen (secondary N) is 1. The number of nitrogens with zero attached hydrogens (tertiary/aromatic N) is 3. The van der Waals surface area contributed by atoms with Gasteiger partial charge in [0.05, 0.1) is 0 Å². The Morgan fingerprint density at radius 2 is 1.77 bits per heavy atom. The van der Waals surface area contributed by atoms with E-state index in [0.717, 1.165) is 81.9 Å². The van der Waals surface area contributed by atoms with Gasteiger partial charge in [0.1, 0.15) is 0 Å². The molecule has 1 fully saturated rings. The van der Waals surface area contributed by atoms with Gasteiger partial charge in [0.15, 0.2) is 0 Å². The number of amides is 1. The number of aromatic nitrogens is 2. The molecule has 12 heteroatoms. The van der Waals surface area contributed by atoms with E-state index >= 15 is 0 Å². The van der Waals surface area contributed by atoms with Crippen LogP contribution < -0.4 is 9.80 Å². The van der Waals surface area contributed by atoms with Crippen LogP contribution >= 0.6 is 11.3 Å². The molecule has 1 amide bonds. The van der Waals surface area contributed by atoms with E-state index in [2.05, 4.69) is 22.2 Å². The average Bonchev–Trinajstić information content (AvgIpc) is 3.64. The van der Waals surface area contributed by atoms with E-state index in [1.54, 1.807) is 38.1 Å². The number of thiophene rings is 1. The molecule has 9 nitrogen and oxygen atoms in total. The van der Waals surface area contributed by atoms with Crippen LogP contribution in [0.1, 0.15) is 84.0 Å². The van der Waals surface area contributed by atoms with Crippen molar-refractivity contribution in [2.24, 2.45) is 0 Å². The predicted octanol–water partition coefficient (Wildman–Crippen LogP) is 5.86. The third-order valence-corrected chi connectivity index (χ3v) is 11.3. The Bertz CT molecular complexity index is 1700. The summed E-state index contributed by atoms with van der Waals surface area (Å²) in [5.74, 6) is -0.833. The van der Waals surface area contributed by atoms with Crippen LogP contribution in [-0.4, -0.2) is 79.9 Å². The van der Waals surface area contributed by atoms with E-state index in [1.807, 2.05) is 24.3 Å². The summed E-state index contributed by atoms with van der Waals surface area (Å²) in [6.45, 7) is 9.88. The van der Waals surface area contributed by atoms with Gasteiger partial charge in [-0.05, 0) is 0 Å². The van der Waals surface area contributed by atoms with E-state index in [-0.39, 0.29) is 11.2 Å². The summed E-state index contributed by atoms with van der Waals surface area (Å²) < 4.78 is 27.2. The fourth-order valence-corrected chi connectivity index (χ4v) is 8.49. The van der Waals surface area contributed by atoms with Gasteiger partial charge in [0, 0.05) is 0 Å². The summed E-state index contributed by atoms with van der Waals surface area (Å²) in [4.78, 5) is 43.3. The molecule has 4 aromatic rings. The van der Waals surface area contributed by atoms with Crippen molar-refractivity contribution >= 4 is 58.4 Å². The van der Waals surface area contributed by atoms with E-state index < -0.39 is 39.1 Å². The molecule has 0 spiro atoms. The first-order valence-electron chi connectivity index (χ1n) is 16.1. The summed E-state index contributed by atoms with van der Waals surface area (Å²) in [5, 5.41) is 8.04. The second-order valence-electron chi connectivity index (χ2n) is 12.2. The molecule has 1 radical (unpaired) electrons. The normalized spacial score (nSPS) is 14.2. The third-order valence-electron chi connectivity index (χ3n) is 8.10. The molecule has 0 atom stereocenters. The maximum absolute atomic E-state index is 14.6. The van der Waals surface area contributed by atoms with Crippen molar-refractivity contribution in [3.8, 4) is 0 Å². The average molecular weight is 724 g/mol. The molecule has 0 saturated carbocycles. The molecule has 2 aromatic carbocycles. The molecule has 0 unspecified atom stereocenters. The quantitative estimate of drug-likeness (QED) is 0.129. The van der Waals surface area contributed by atoms with Crippen LogP contribution in [0.2, 0.25) is 0 Å². The van der Waals surface area contributed by atoms with Gasteiger partial charge in [0.2, 0.25) is 0 Å². The molecule has 5 rings (SSSR count). The van der Waals surface area contributed by atoms with E-state index in [1.165, 1.54) is 10.7 Å². The molecule has 47 heavy (non-hydrogen) atoms. The van der Waals surface area contributed by atoms with Crippen LogP contribution in [0.4, 0.5) is 9.18 Å². The Morgan fingerprint density at radius 3 is 2.49 bits per heavy atom. The van der Waals surface area contributed by atoms with Gasteiger partial charge >= 0.3 is 286 Å². The summed E-state index contributed by atoms with van der Waals surface area (Å²) >= 11 is -0.0442. The van der Waals surface area contributed by atoms with Crippen molar-refractivity contribution in [3.05, 3.63) is 82.0 Å². The van der Waals surface area contributed by atoms with E-state index in [4.69, 9.17) is 9.47 Å².